The molecule has 0 spiro atoms. The van der Waals surface area contributed by atoms with Crippen molar-refractivity contribution in [2.75, 3.05) is 6.54 Å². The molecule has 26 heavy (non-hydrogen) atoms. The Hall–Kier alpha value is -2.19. The first-order chi connectivity index (χ1) is 12.7. The van der Waals surface area contributed by atoms with E-state index in [1.165, 1.54) is 0 Å². The Morgan fingerprint density at radius 2 is 1.92 bits per heavy atom. The number of benzene rings is 1. The second-order valence-electron chi connectivity index (χ2n) is 6.30. The molecule has 2 rings (SSSR count). The molecule has 1 aromatic carbocycles. The molecule has 1 aliphatic rings. The molecule has 0 saturated heterocycles. The maximum atomic E-state index is 12.0. The Balaban J connectivity index is 1.53. The summed E-state index contributed by atoms with van der Waals surface area (Å²) in [5.41, 5.74) is 1.35. The van der Waals surface area contributed by atoms with Gasteiger partial charge in [-0.25, -0.2) is 0 Å². The number of allylic oxidation sites excluding steroid dienone is 2. The Labute approximate surface area is 161 Å². The molecule has 0 radical (unpaired) electrons. The molecule has 0 atom stereocenters. The smallest absolute Gasteiger partial charge is 0.252 e. The van der Waals surface area contributed by atoms with Gasteiger partial charge in [0.2, 0.25) is 5.91 Å². The highest BCUT2D eigenvalue weighted by atomic mass is 32.1. The standard InChI is InChI=1S/C21H26N2O2S/c24-20(23-17-11-5-1-2-6-12-17)15-7-3-4-10-16-22-21(25)18-13-8-9-14-19(18)26/h8-9,11,13-14,26H,1-5,7,10,15-16H2,(H,22,25)(H,23,24). The lowest BCUT2D eigenvalue weighted by atomic mass is 10.1. The summed E-state index contributed by atoms with van der Waals surface area (Å²) >= 11 is 4.29. The monoisotopic (exact) mass is 370 g/mol. The minimum Gasteiger partial charge on any atom is -0.352 e. The van der Waals surface area contributed by atoms with Crippen LogP contribution in [-0.4, -0.2) is 18.4 Å². The summed E-state index contributed by atoms with van der Waals surface area (Å²) in [6.07, 6.45) is 9.13. The summed E-state index contributed by atoms with van der Waals surface area (Å²) < 4.78 is 0. The zero-order valence-electron chi connectivity index (χ0n) is 15.0. The Morgan fingerprint density at radius 1 is 1.12 bits per heavy atom. The van der Waals surface area contributed by atoms with Crippen molar-refractivity contribution < 1.29 is 9.59 Å². The predicted octanol–water partition coefficient (Wildman–Crippen LogP) is 3.84. The van der Waals surface area contributed by atoms with Gasteiger partial charge in [0, 0.05) is 24.3 Å². The molecule has 0 unspecified atom stereocenters. The second-order valence-corrected chi connectivity index (χ2v) is 6.78. The van der Waals surface area contributed by atoms with Gasteiger partial charge in [-0.2, -0.15) is 0 Å². The van der Waals surface area contributed by atoms with E-state index >= 15 is 0 Å². The molecular formula is C21H26N2O2S. The van der Waals surface area contributed by atoms with Crippen LogP contribution in [0, 0.1) is 11.8 Å². The molecule has 0 aliphatic heterocycles. The summed E-state index contributed by atoms with van der Waals surface area (Å²) in [6.45, 7) is 0.635. The number of amides is 2. The molecule has 1 aliphatic carbocycles. The Bertz CT molecular complexity index is 716. The molecule has 0 bridgehead atoms. The van der Waals surface area contributed by atoms with Gasteiger partial charge in [0.05, 0.1) is 11.3 Å². The molecule has 0 heterocycles. The summed E-state index contributed by atoms with van der Waals surface area (Å²) in [5.74, 6) is 5.98. The van der Waals surface area contributed by atoms with E-state index in [0.29, 0.717) is 23.4 Å². The Kier molecular flexibility index (Phi) is 8.85. The van der Waals surface area contributed by atoms with E-state index < -0.39 is 0 Å². The molecule has 2 N–H and O–H groups in total. The number of unbranched alkanes of at least 4 members (excludes halogenated alkanes) is 3. The summed E-state index contributed by atoms with van der Waals surface area (Å²) in [7, 11) is 0. The van der Waals surface area contributed by atoms with Crippen LogP contribution in [0.2, 0.25) is 0 Å². The molecule has 0 fully saturated rings. The lowest BCUT2D eigenvalue weighted by Gasteiger charge is -2.07. The molecule has 2 amide bonds. The number of rotatable bonds is 9. The molecule has 138 valence electrons. The lowest BCUT2D eigenvalue weighted by molar-refractivity contribution is -0.120. The lowest BCUT2D eigenvalue weighted by Crippen LogP contribution is -2.24. The van der Waals surface area contributed by atoms with Crippen molar-refractivity contribution in [3.63, 3.8) is 0 Å². The summed E-state index contributed by atoms with van der Waals surface area (Å²) in [6, 6.07) is 7.26. The van der Waals surface area contributed by atoms with Gasteiger partial charge in [0.1, 0.15) is 0 Å². The number of hydrogen-bond acceptors (Lipinski definition) is 3. The van der Waals surface area contributed by atoms with E-state index in [1.807, 2.05) is 18.2 Å². The van der Waals surface area contributed by atoms with Crippen molar-refractivity contribution in [3.8, 4) is 11.8 Å². The average Bonchev–Trinajstić information content (AvgIpc) is 2.89. The fraction of sp³-hybridized carbons (Fsp3) is 0.429. The van der Waals surface area contributed by atoms with E-state index in [2.05, 4.69) is 35.1 Å². The third-order valence-corrected chi connectivity index (χ3v) is 4.51. The number of carbonyl (C=O) groups excluding carboxylic acids is 2. The third-order valence-electron chi connectivity index (χ3n) is 4.12. The predicted molar refractivity (Wildman–Crippen MR) is 107 cm³/mol. The fourth-order valence-corrected chi connectivity index (χ4v) is 2.93. The minimum absolute atomic E-state index is 0.0335. The zero-order valence-corrected chi connectivity index (χ0v) is 15.9. The van der Waals surface area contributed by atoms with Crippen LogP contribution in [0.15, 0.2) is 40.9 Å². The molecule has 5 heteroatoms. The fourth-order valence-electron chi connectivity index (χ4n) is 2.67. The van der Waals surface area contributed by atoms with Gasteiger partial charge in [-0.05, 0) is 43.7 Å². The first kappa shape index (κ1) is 20.1. The molecular weight excluding hydrogens is 344 g/mol. The maximum absolute atomic E-state index is 12.0. The van der Waals surface area contributed by atoms with Gasteiger partial charge in [-0.15, -0.1) is 12.6 Å². The van der Waals surface area contributed by atoms with Gasteiger partial charge in [0.25, 0.3) is 5.91 Å². The molecule has 1 aromatic rings. The molecule has 4 nitrogen and oxygen atoms in total. The zero-order chi connectivity index (χ0) is 18.6. The Morgan fingerprint density at radius 3 is 2.77 bits per heavy atom. The van der Waals surface area contributed by atoms with Crippen molar-refractivity contribution >= 4 is 24.4 Å². The van der Waals surface area contributed by atoms with Gasteiger partial charge in [0.15, 0.2) is 0 Å². The van der Waals surface area contributed by atoms with Crippen molar-refractivity contribution in [2.45, 2.75) is 56.3 Å². The van der Waals surface area contributed by atoms with E-state index in [0.717, 1.165) is 50.6 Å². The minimum atomic E-state index is -0.0900. The van der Waals surface area contributed by atoms with Gasteiger partial charge in [-0.3, -0.25) is 9.59 Å². The number of nitrogens with one attached hydrogen (secondary N) is 2. The van der Waals surface area contributed by atoms with Crippen LogP contribution in [-0.2, 0) is 4.79 Å². The van der Waals surface area contributed by atoms with Crippen LogP contribution in [0.5, 0.6) is 0 Å². The summed E-state index contributed by atoms with van der Waals surface area (Å²) in [4.78, 5) is 24.6. The van der Waals surface area contributed by atoms with Crippen molar-refractivity contribution in [2.24, 2.45) is 0 Å². The van der Waals surface area contributed by atoms with Crippen LogP contribution in [0.1, 0.15) is 61.7 Å². The van der Waals surface area contributed by atoms with E-state index in [-0.39, 0.29) is 11.8 Å². The maximum Gasteiger partial charge on any atom is 0.252 e. The first-order valence-electron chi connectivity index (χ1n) is 9.22. The van der Waals surface area contributed by atoms with Gasteiger partial charge < -0.3 is 10.6 Å². The molecule has 0 saturated carbocycles. The highest BCUT2D eigenvalue weighted by molar-refractivity contribution is 7.80. The average molecular weight is 371 g/mol. The highest BCUT2D eigenvalue weighted by Crippen LogP contribution is 2.12. The van der Waals surface area contributed by atoms with Crippen molar-refractivity contribution in [3.05, 3.63) is 41.6 Å². The topological polar surface area (TPSA) is 58.2 Å². The number of hydrogen-bond donors (Lipinski definition) is 3. The third kappa shape index (κ3) is 7.37. The normalized spacial score (nSPS) is 13.0. The summed E-state index contributed by atoms with van der Waals surface area (Å²) in [5, 5.41) is 5.79. The van der Waals surface area contributed by atoms with E-state index in [9.17, 15) is 9.59 Å². The van der Waals surface area contributed by atoms with Crippen LogP contribution >= 0.6 is 12.6 Å². The van der Waals surface area contributed by atoms with E-state index in [1.54, 1.807) is 12.1 Å². The first-order valence-corrected chi connectivity index (χ1v) is 9.66. The van der Waals surface area contributed by atoms with Crippen LogP contribution < -0.4 is 10.6 Å². The number of carbonyl (C=O) groups is 2. The van der Waals surface area contributed by atoms with Gasteiger partial charge in [-0.1, -0.05) is 37.0 Å². The largest absolute Gasteiger partial charge is 0.352 e. The number of thiol groups is 1. The van der Waals surface area contributed by atoms with Crippen molar-refractivity contribution in [1.82, 2.24) is 10.6 Å². The van der Waals surface area contributed by atoms with Crippen molar-refractivity contribution in [1.29, 1.82) is 0 Å². The van der Waals surface area contributed by atoms with Crippen LogP contribution in [0.4, 0.5) is 0 Å². The highest BCUT2D eigenvalue weighted by Gasteiger charge is 2.07. The second kappa shape index (κ2) is 11.4. The van der Waals surface area contributed by atoms with Gasteiger partial charge >= 0.3 is 0 Å². The van der Waals surface area contributed by atoms with Crippen LogP contribution in [0.3, 0.4) is 0 Å². The van der Waals surface area contributed by atoms with E-state index in [4.69, 9.17) is 0 Å². The molecule has 0 aromatic heterocycles. The quantitative estimate of drug-likeness (QED) is 0.351. The van der Waals surface area contributed by atoms with Crippen LogP contribution in [0.25, 0.3) is 0 Å². The SMILES string of the molecule is O=C(CCCCCCNC(=O)c1ccccc1S)NC1=CCCCC#C1.